The highest BCUT2D eigenvalue weighted by atomic mass is 19.4. The minimum absolute atomic E-state index is 0.326. The van der Waals surface area contributed by atoms with E-state index in [2.05, 4.69) is 4.74 Å². The molecule has 0 radical (unpaired) electrons. The Hall–Kier alpha value is -1.25. The van der Waals surface area contributed by atoms with Crippen LogP contribution >= 0.6 is 0 Å². The molecule has 0 rings (SSSR count). The van der Waals surface area contributed by atoms with E-state index < -0.39 is 35.9 Å². The Kier molecular flexibility index (Phi) is 5.21. The highest BCUT2D eigenvalue weighted by molar-refractivity contribution is 5.98. The standard InChI is InChI=1S/C9H11F5O4/c1-3-18-7(17)5(4(2)15)6(16)8(10,11)9(12,13)14/h5-6,16H,3H2,1-2H3. The second-order valence-electron chi connectivity index (χ2n) is 3.41. The molecule has 0 aromatic rings. The molecule has 2 atom stereocenters. The van der Waals surface area contributed by atoms with Crippen LogP contribution < -0.4 is 0 Å². The van der Waals surface area contributed by atoms with Gasteiger partial charge in [-0.05, 0) is 13.8 Å². The summed E-state index contributed by atoms with van der Waals surface area (Å²) in [6.07, 6.45) is -9.60. The molecule has 0 bridgehead atoms. The van der Waals surface area contributed by atoms with Gasteiger partial charge in [-0.1, -0.05) is 0 Å². The number of halogens is 5. The van der Waals surface area contributed by atoms with Crippen LogP contribution in [0.3, 0.4) is 0 Å². The Morgan fingerprint density at radius 3 is 1.94 bits per heavy atom. The zero-order valence-electron chi connectivity index (χ0n) is 9.42. The van der Waals surface area contributed by atoms with Crippen molar-refractivity contribution in [1.29, 1.82) is 0 Å². The quantitative estimate of drug-likeness (QED) is 0.468. The van der Waals surface area contributed by atoms with Crippen molar-refractivity contribution in [2.24, 2.45) is 5.92 Å². The SMILES string of the molecule is CCOC(=O)C(C(C)=O)C(O)C(F)(F)C(F)(F)F. The van der Waals surface area contributed by atoms with Crippen LogP contribution in [0.4, 0.5) is 22.0 Å². The minimum atomic E-state index is -6.08. The molecule has 0 fully saturated rings. The minimum Gasteiger partial charge on any atom is -0.465 e. The Morgan fingerprint density at radius 1 is 1.22 bits per heavy atom. The maximum absolute atomic E-state index is 12.8. The van der Waals surface area contributed by atoms with E-state index in [0.29, 0.717) is 6.92 Å². The number of rotatable bonds is 5. The number of aliphatic hydroxyl groups excluding tert-OH is 1. The summed E-state index contributed by atoms with van der Waals surface area (Å²) in [6.45, 7) is 1.55. The van der Waals surface area contributed by atoms with Gasteiger partial charge in [0, 0.05) is 0 Å². The number of hydrogen-bond acceptors (Lipinski definition) is 4. The van der Waals surface area contributed by atoms with Crippen molar-refractivity contribution in [2.75, 3.05) is 6.61 Å². The van der Waals surface area contributed by atoms with Gasteiger partial charge in [-0.2, -0.15) is 22.0 Å². The van der Waals surface area contributed by atoms with Crippen molar-refractivity contribution >= 4 is 11.8 Å². The summed E-state index contributed by atoms with van der Waals surface area (Å²) < 4.78 is 65.7. The fourth-order valence-electron chi connectivity index (χ4n) is 1.13. The number of ether oxygens (including phenoxy) is 1. The molecule has 0 aromatic heterocycles. The summed E-state index contributed by atoms with van der Waals surface area (Å²) in [5.74, 6) is -11.1. The molecule has 0 amide bonds. The molecule has 0 saturated heterocycles. The van der Waals surface area contributed by atoms with Crippen LogP contribution in [-0.2, 0) is 14.3 Å². The molecular weight excluding hydrogens is 267 g/mol. The van der Waals surface area contributed by atoms with E-state index in [1.165, 1.54) is 6.92 Å². The number of aliphatic hydroxyl groups is 1. The van der Waals surface area contributed by atoms with Gasteiger partial charge in [-0.15, -0.1) is 0 Å². The third-order valence-electron chi connectivity index (χ3n) is 2.04. The topological polar surface area (TPSA) is 63.6 Å². The fourth-order valence-corrected chi connectivity index (χ4v) is 1.13. The molecule has 1 N–H and O–H groups in total. The number of Topliss-reactive ketones (excluding diaryl/α,β-unsaturated/α-hetero) is 1. The van der Waals surface area contributed by atoms with Gasteiger partial charge in [-0.3, -0.25) is 9.59 Å². The second kappa shape index (κ2) is 5.59. The zero-order chi connectivity index (χ0) is 14.7. The van der Waals surface area contributed by atoms with E-state index in [1.807, 2.05) is 0 Å². The summed E-state index contributed by atoms with van der Waals surface area (Å²) in [4.78, 5) is 22.0. The average molecular weight is 278 g/mol. The monoisotopic (exact) mass is 278 g/mol. The fraction of sp³-hybridized carbons (Fsp3) is 0.778. The Bertz CT molecular complexity index is 325. The van der Waals surface area contributed by atoms with Gasteiger partial charge in [0.2, 0.25) is 0 Å². The molecule has 0 aliphatic rings. The number of hydrogen-bond donors (Lipinski definition) is 1. The Morgan fingerprint density at radius 2 is 1.67 bits per heavy atom. The second-order valence-corrected chi connectivity index (χ2v) is 3.41. The number of ketones is 1. The normalized spacial score (nSPS) is 16.0. The van der Waals surface area contributed by atoms with Crippen LogP contribution in [0.2, 0.25) is 0 Å². The molecule has 0 heterocycles. The largest absolute Gasteiger partial charge is 0.465 e. The van der Waals surface area contributed by atoms with Gasteiger partial charge in [0.1, 0.15) is 17.8 Å². The van der Waals surface area contributed by atoms with Gasteiger partial charge in [0.05, 0.1) is 6.61 Å². The van der Waals surface area contributed by atoms with E-state index in [-0.39, 0.29) is 6.61 Å². The average Bonchev–Trinajstić information content (AvgIpc) is 2.15. The summed E-state index contributed by atoms with van der Waals surface area (Å²) in [7, 11) is 0. The van der Waals surface area contributed by atoms with Crippen molar-refractivity contribution in [3.8, 4) is 0 Å². The predicted octanol–water partition coefficient (Wildman–Crippen LogP) is 1.31. The van der Waals surface area contributed by atoms with Gasteiger partial charge >= 0.3 is 18.1 Å². The third-order valence-corrected chi connectivity index (χ3v) is 2.04. The van der Waals surface area contributed by atoms with Crippen LogP contribution in [0.15, 0.2) is 0 Å². The van der Waals surface area contributed by atoms with Crippen LogP contribution in [-0.4, -0.2) is 41.7 Å². The van der Waals surface area contributed by atoms with E-state index in [4.69, 9.17) is 5.11 Å². The van der Waals surface area contributed by atoms with Crippen LogP contribution in [0.1, 0.15) is 13.8 Å². The van der Waals surface area contributed by atoms with Crippen molar-refractivity contribution in [2.45, 2.75) is 32.1 Å². The summed E-state index contributed by atoms with van der Waals surface area (Å²) in [5.41, 5.74) is 0. The maximum atomic E-state index is 12.8. The first kappa shape index (κ1) is 16.8. The van der Waals surface area contributed by atoms with E-state index in [0.717, 1.165) is 0 Å². The van der Waals surface area contributed by atoms with Crippen molar-refractivity contribution in [3.05, 3.63) is 0 Å². The van der Waals surface area contributed by atoms with Crippen LogP contribution in [0, 0.1) is 5.92 Å². The highest BCUT2D eigenvalue weighted by Gasteiger charge is 2.65. The van der Waals surface area contributed by atoms with Crippen molar-refractivity contribution in [1.82, 2.24) is 0 Å². The summed E-state index contributed by atoms with van der Waals surface area (Å²) in [6, 6.07) is 0. The summed E-state index contributed by atoms with van der Waals surface area (Å²) >= 11 is 0. The zero-order valence-corrected chi connectivity index (χ0v) is 9.42. The Balaban J connectivity index is 5.28. The molecule has 0 aliphatic heterocycles. The van der Waals surface area contributed by atoms with Crippen molar-refractivity contribution in [3.63, 3.8) is 0 Å². The number of carbonyl (C=O) groups excluding carboxylic acids is 2. The maximum Gasteiger partial charge on any atom is 0.456 e. The number of carbonyl (C=O) groups is 2. The van der Waals surface area contributed by atoms with Crippen LogP contribution in [0.5, 0.6) is 0 Å². The number of esters is 1. The first-order chi connectivity index (χ1) is 7.96. The molecular formula is C9H11F5O4. The van der Waals surface area contributed by atoms with E-state index in [9.17, 15) is 31.5 Å². The lowest BCUT2D eigenvalue weighted by molar-refractivity contribution is -0.317. The summed E-state index contributed by atoms with van der Waals surface area (Å²) in [5, 5.41) is 8.95. The molecule has 9 heteroatoms. The third kappa shape index (κ3) is 3.37. The van der Waals surface area contributed by atoms with Gasteiger partial charge in [0.15, 0.2) is 0 Å². The highest BCUT2D eigenvalue weighted by Crippen LogP contribution is 2.40. The van der Waals surface area contributed by atoms with E-state index >= 15 is 0 Å². The predicted molar refractivity (Wildman–Crippen MR) is 47.8 cm³/mol. The molecule has 0 spiro atoms. The molecule has 2 unspecified atom stereocenters. The van der Waals surface area contributed by atoms with Gasteiger partial charge in [0.25, 0.3) is 0 Å². The molecule has 4 nitrogen and oxygen atoms in total. The molecule has 106 valence electrons. The van der Waals surface area contributed by atoms with Crippen molar-refractivity contribution < 1.29 is 41.4 Å². The molecule has 18 heavy (non-hydrogen) atoms. The first-order valence-electron chi connectivity index (χ1n) is 4.76. The first-order valence-corrected chi connectivity index (χ1v) is 4.76. The number of alkyl halides is 5. The van der Waals surface area contributed by atoms with Gasteiger partial charge < -0.3 is 9.84 Å². The lowest BCUT2D eigenvalue weighted by Crippen LogP contribution is -2.54. The van der Waals surface area contributed by atoms with Gasteiger partial charge in [-0.25, -0.2) is 0 Å². The molecule has 0 aliphatic carbocycles. The lowest BCUT2D eigenvalue weighted by Gasteiger charge is -2.28. The van der Waals surface area contributed by atoms with Crippen LogP contribution in [0.25, 0.3) is 0 Å². The lowest BCUT2D eigenvalue weighted by atomic mass is 9.93. The smallest absolute Gasteiger partial charge is 0.456 e. The Labute approximate surface area is 98.7 Å². The van der Waals surface area contributed by atoms with E-state index in [1.54, 1.807) is 0 Å². The molecule has 0 saturated carbocycles. The molecule has 0 aromatic carbocycles.